The quantitative estimate of drug-likeness (QED) is 0.461. The van der Waals surface area contributed by atoms with E-state index in [1.54, 1.807) is 18.2 Å². The lowest BCUT2D eigenvalue weighted by atomic mass is 9.85. The molecular formula is C16H13NO5. The molecule has 6 nitrogen and oxygen atoms in total. The Morgan fingerprint density at radius 2 is 1.77 bits per heavy atom. The number of benzene rings is 1. The number of hydrogen-bond acceptors (Lipinski definition) is 5. The summed E-state index contributed by atoms with van der Waals surface area (Å²) in [5.74, 6) is -1.96. The van der Waals surface area contributed by atoms with Gasteiger partial charge in [0.15, 0.2) is 0 Å². The van der Waals surface area contributed by atoms with Gasteiger partial charge in [-0.15, -0.1) is 0 Å². The zero-order valence-corrected chi connectivity index (χ0v) is 11.8. The number of hydrogen-bond donors (Lipinski definition) is 0. The van der Waals surface area contributed by atoms with Crippen molar-refractivity contribution in [2.45, 2.75) is 12.2 Å². The van der Waals surface area contributed by atoms with Crippen LogP contribution in [0.15, 0.2) is 36.4 Å². The fourth-order valence-corrected chi connectivity index (χ4v) is 3.45. The van der Waals surface area contributed by atoms with E-state index in [9.17, 15) is 14.4 Å². The van der Waals surface area contributed by atoms with E-state index in [-0.39, 0.29) is 24.0 Å². The summed E-state index contributed by atoms with van der Waals surface area (Å²) in [5.41, 5.74) is 0.696. The topological polar surface area (TPSA) is 72.9 Å². The van der Waals surface area contributed by atoms with Gasteiger partial charge >= 0.3 is 5.97 Å². The monoisotopic (exact) mass is 299 g/mol. The van der Waals surface area contributed by atoms with Crippen molar-refractivity contribution in [3.05, 3.63) is 42.0 Å². The van der Waals surface area contributed by atoms with Gasteiger partial charge in [-0.05, 0) is 18.2 Å². The Kier molecular flexibility index (Phi) is 2.71. The first-order valence-corrected chi connectivity index (χ1v) is 7.02. The van der Waals surface area contributed by atoms with Crippen LogP contribution < -0.4 is 4.90 Å². The highest BCUT2D eigenvalue weighted by molar-refractivity contribution is 6.23. The average molecular weight is 299 g/mol. The van der Waals surface area contributed by atoms with Crippen LogP contribution in [-0.4, -0.2) is 37.1 Å². The van der Waals surface area contributed by atoms with Gasteiger partial charge in [-0.2, -0.15) is 0 Å². The predicted octanol–water partition coefficient (Wildman–Crippen LogP) is 0.916. The molecule has 2 saturated heterocycles. The second-order valence-corrected chi connectivity index (χ2v) is 5.56. The zero-order valence-electron chi connectivity index (χ0n) is 11.8. The van der Waals surface area contributed by atoms with E-state index in [1.165, 1.54) is 13.2 Å². The Bertz CT molecular complexity index is 695. The van der Waals surface area contributed by atoms with E-state index < -0.39 is 17.8 Å². The van der Waals surface area contributed by atoms with Gasteiger partial charge in [-0.25, -0.2) is 9.69 Å². The normalized spacial score (nSPS) is 31.8. The number of nitrogens with zero attached hydrogens (tertiary/aromatic N) is 1. The molecule has 0 N–H and O–H groups in total. The second kappa shape index (κ2) is 4.51. The summed E-state index contributed by atoms with van der Waals surface area (Å²) in [6.07, 6.45) is 3.04. The van der Waals surface area contributed by atoms with Crippen LogP contribution in [0, 0.1) is 11.8 Å². The van der Waals surface area contributed by atoms with Gasteiger partial charge in [0.05, 0.1) is 42.4 Å². The molecule has 4 atom stereocenters. The van der Waals surface area contributed by atoms with Gasteiger partial charge in [-0.3, -0.25) is 9.59 Å². The van der Waals surface area contributed by atoms with Crippen LogP contribution in [0.25, 0.3) is 0 Å². The summed E-state index contributed by atoms with van der Waals surface area (Å²) in [6, 6.07) is 6.34. The Hall–Kier alpha value is -2.47. The SMILES string of the molecule is COC(=O)c1cccc(N2C(=O)[C@@H]3[C@@H](C2=O)[C@H]2C=C[C@@H]3O2)c1. The molecule has 0 saturated carbocycles. The van der Waals surface area contributed by atoms with Crippen molar-refractivity contribution in [2.75, 3.05) is 12.0 Å². The van der Waals surface area contributed by atoms with E-state index in [0.717, 1.165) is 4.90 Å². The van der Waals surface area contributed by atoms with E-state index in [1.807, 2.05) is 12.2 Å². The predicted molar refractivity (Wildman–Crippen MR) is 75.1 cm³/mol. The number of methoxy groups -OCH3 is 1. The number of ether oxygens (including phenoxy) is 2. The number of imide groups is 1. The molecule has 2 fully saturated rings. The molecule has 3 aliphatic heterocycles. The zero-order chi connectivity index (χ0) is 15.4. The van der Waals surface area contributed by atoms with Crippen molar-refractivity contribution in [3.8, 4) is 0 Å². The molecular weight excluding hydrogens is 286 g/mol. The van der Waals surface area contributed by atoms with Gasteiger partial charge in [-0.1, -0.05) is 18.2 Å². The largest absolute Gasteiger partial charge is 0.465 e. The standard InChI is InChI=1S/C16H13NO5/c1-21-16(20)8-3-2-4-9(7-8)17-14(18)12-10-5-6-11(22-10)13(12)15(17)19/h2-7,10-13H,1H3/t10-,11+,12-,13-/m0/s1. The highest BCUT2D eigenvalue weighted by atomic mass is 16.5. The minimum atomic E-state index is -0.508. The third kappa shape index (κ3) is 1.61. The van der Waals surface area contributed by atoms with Gasteiger partial charge in [0.25, 0.3) is 0 Å². The number of fused-ring (bicyclic) bond motifs is 5. The number of rotatable bonds is 2. The average Bonchev–Trinajstić information content (AvgIpc) is 3.21. The minimum absolute atomic E-state index is 0.270. The van der Waals surface area contributed by atoms with Crippen LogP contribution in [0.5, 0.6) is 0 Å². The first-order valence-electron chi connectivity index (χ1n) is 7.02. The summed E-state index contributed by atoms with van der Waals surface area (Å²) in [7, 11) is 1.28. The van der Waals surface area contributed by atoms with E-state index in [0.29, 0.717) is 11.3 Å². The fraction of sp³-hybridized carbons (Fsp3) is 0.312. The molecule has 1 aromatic rings. The molecule has 0 unspecified atom stereocenters. The van der Waals surface area contributed by atoms with Crippen LogP contribution in [0.2, 0.25) is 0 Å². The molecule has 0 radical (unpaired) electrons. The lowest BCUT2D eigenvalue weighted by molar-refractivity contribution is -0.124. The maximum absolute atomic E-state index is 12.6. The highest BCUT2D eigenvalue weighted by Gasteiger charge is 2.61. The third-order valence-corrected chi connectivity index (χ3v) is 4.44. The van der Waals surface area contributed by atoms with Crippen LogP contribution in [0.1, 0.15) is 10.4 Å². The third-order valence-electron chi connectivity index (χ3n) is 4.44. The molecule has 3 heterocycles. The molecule has 3 aliphatic rings. The van der Waals surface area contributed by atoms with Gasteiger partial charge < -0.3 is 9.47 Å². The van der Waals surface area contributed by atoms with Crippen molar-refractivity contribution in [1.29, 1.82) is 0 Å². The number of esters is 1. The summed E-state index contributed by atoms with van der Waals surface area (Å²) in [6.45, 7) is 0. The maximum Gasteiger partial charge on any atom is 0.337 e. The minimum Gasteiger partial charge on any atom is -0.465 e. The Balaban J connectivity index is 1.71. The molecule has 1 aromatic carbocycles. The number of anilines is 1. The lowest BCUT2D eigenvalue weighted by Crippen LogP contribution is -2.34. The molecule has 6 heteroatoms. The number of carbonyl (C=O) groups is 3. The van der Waals surface area contributed by atoms with Crippen LogP contribution in [0.3, 0.4) is 0 Å². The fourth-order valence-electron chi connectivity index (χ4n) is 3.45. The Morgan fingerprint density at radius 3 is 2.36 bits per heavy atom. The first-order chi connectivity index (χ1) is 10.6. The highest BCUT2D eigenvalue weighted by Crippen LogP contribution is 2.46. The molecule has 0 aromatic heterocycles. The number of amides is 2. The smallest absolute Gasteiger partial charge is 0.337 e. The lowest BCUT2D eigenvalue weighted by Gasteiger charge is -2.18. The van der Waals surface area contributed by atoms with Crippen molar-refractivity contribution < 1.29 is 23.9 Å². The molecule has 112 valence electrons. The van der Waals surface area contributed by atoms with Gasteiger partial charge in [0.2, 0.25) is 11.8 Å². The van der Waals surface area contributed by atoms with Gasteiger partial charge in [0.1, 0.15) is 0 Å². The van der Waals surface area contributed by atoms with Gasteiger partial charge in [0, 0.05) is 0 Å². The van der Waals surface area contributed by atoms with E-state index in [2.05, 4.69) is 4.74 Å². The molecule has 0 aliphatic carbocycles. The molecule has 2 bridgehead atoms. The van der Waals surface area contributed by atoms with Crippen LogP contribution in [-0.2, 0) is 19.1 Å². The molecule has 2 amide bonds. The summed E-state index contributed by atoms with van der Waals surface area (Å²) >= 11 is 0. The number of carbonyl (C=O) groups excluding carboxylic acids is 3. The summed E-state index contributed by atoms with van der Waals surface area (Å²) < 4.78 is 10.3. The van der Waals surface area contributed by atoms with Crippen molar-refractivity contribution in [1.82, 2.24) is 0 Å². The second-order valence-electron chi connectivity index (χ2n) is 5.56. The Morgan fingerprint density at radius 1 is 1.14 bits per heavy atom. The molecule has 4 rings (SSSR count). The summed E-state index contributed by atoms with van der Waals surface area (Å²) in [5, 5.41) is 0. The van der Waals surface area contributed by atoms with Crippen LogP contribution >= 0.6 is 0 Å². The summed E-state index contributed by atoms with van der Waals surface area (Å²) in [4.78, 5) is 38.0. The Labute approximate surface area is 126 Å². The molecule has 22 heavy (non-hydrogen) atoms. The van der Waals surface area contributed by atoms with Crippen molar-refractivity contribution in [3.63, 3.8) is 0 Å². The van der Waals surface area contributed by atoms with E-state index in [4.69, 9.17) is 4.74 Å². The molecule has 0 spiro atoms. The van der Waals surface area contributed by atoms with Crippen molar-refractivity contribution in [2.24, 2.45) is 11.8 Å². The van der Waals surface area contributed by atoms with Crippen molar-refractivity contribution >= 4 is 23.5 Å². The van der Waals surface area contributed by atoms with E-state index >= 15 is 0 Å². The first kappa shape index (κ1) is 13.2. The van der Waals surface area contributed by atoms with Crippen LogP contribution in [0.4, 0.5) is 5.69 Å². The maximum atomic E-state index is 12.6.